The zero-order chi connectivity index (χ0) is 13.1. The molecule has 1 N–H and O–H groups in total. The number of amides is 1. The normalized spacial score (nSPS) is 17.1. The van der Waals surface area contributed by atoms with Gasteiger partial charge in [-0.1, -0.05) is 30.7 Å². The van der Waals surface area contributed by atoms with Gasteiger partial charge in [-0.2, -0.15) is 0 Å². The molecule has 98 valence electrons. The highest BCUT2D eigenvalue weighted by molar-refractivity contribution is 6.30. The third-order valence-corrected chi connectivity index (χ3v) is 3.83. The van der Waals surface area contributed by atoms with E-state index in [1.807, 2.05) is 38.2 Å². The Morgan fingerprint density at radius 2 is 2.28 bits per heavy atom. The summed E-state index contributed by atoms with van der Waals surface area (Å²) in [6.07, 6.45) is 0. The Kier molecular flexibility index (Phi) is 4.25. The van der Waals surface area contributed by atoms with Crippen molar-refractivity contribution in [3.8, 4) is 0 Å². The molecule has 0 saturated carbocycles. The lowest BCUT2D eigenvalue weighted by Crippen LogP contribution is -2.49. The topological polar surface area (TPSA) is 32.3 Å². The highest BCUT2D eigenvalue weighted by Crippen LogP contribution is 2.19. The van der Waals surface area contributed by atoms with Crippen LogP contribution < -0.4 is 5.32 Å². The van der Waals surface area contributed by atoms with Gasteiger partial charge in [-0.15, -0.1) is 0 Å². The van der Waals surface area contributed by atoms with E-state index in [1.165, 1.54) is 0 Å². The average molecular weight is 267 g/mol. The molecule has 1 aliphatic heterocycles. The van der Waals surface area contributed by atoms with Gasteiger partial charge in [-0.25, -0.2) is 0 Å². The fourth-order valence-corrected chi connectivity index (χ4v) is 2.41. The van der Waals surface area contributed by atoms with Gasteiger partial charge in [-0.3, -0.25) is 4.79 Å². The van der Waals surface area contributed by atoms with Crippen LogP contribution in [0.3, 0.4) is 0 Å². The van der Waals surface area contributed by atoms with Crippen LogP contribution in [0.5, 0.6) is 0 Å². The molecule has 1 amide bonds. The number of rotatable bonds is 4. The minimum atomic E-state index is 0.0930. The molecule has 1 fully saturated rings. The Balaban J connectivity index is 1.94. The molecule has 0 spiro atoms. The number of hydrogen-bond donors (Lipinski definition) is 1. The van der Waals surface area contributed by atoms with E-state index in [0.717, 1.165) is 18.7 Å². The van der Waals surface area contributed by atoms with E-state index in [1.54, 1.807) is 4.90 Å². The zero-order valence-corrected chi connectivity index (χ0v) is 11.6. The van der Waals surface area contributed by atoms with Gasteiger partial charge in [0.25, 0.3) is 0 Å². The first-order valence-electron chi connectivity index (χ1n) is 6.28. The fourth-order valence-electron chi connectivity index (χ4n) is 2.20. The molecule has 1 unspecified atom stereocenters. The number of nitrogens with one attached hydrogen (secondary N) is 1. The Morgan fingerprint density at radius 1 is 1.56 bits per heavy atom. The molecule has 3 nitrogen and oxygen atoms in total. The first-order valence-corrected chi connectivity index (χ1v) is 6.66. The van der Waals surface area contributed by atoms with Crippen LogP contribution in [0.25, 0.3) is 0 Å². The molecule has 2 rings (SSSR count). The molecule has 0 aliphatic carbocycles. The van der Waals surface area contributed by atoms with Crippen LogP contribution in [0.2, 0.25) is 5.02 Å². The number of halogens is 1. The van der Waals surface area contributed by atoms with E-state index >= 15 is 0 Å². The summed E-state index contributed by atoms with van der Waals surface area (Å²) in [6.45, 7) is 4.54. The van der Waals surface area contributed by atoms with Crippen LogP contribution in [0.1, 0.15) is 12.5 Å². The van der Waals surface area contributed by atoms with Crippen molar-refractivity contribution in [1.82, 2.24) is 10.2 Å². The highest BCUT2D eigenvalue weighted by atomic mass is 35.5. The number of hydrogen-bond acceptors (Lipinski definition) is 2. The first kappa shape index (κ1) is 13.4. The van der Waals surface area contributed by atoms with Crippen molar-refractivity contribution >= 4 is 17.5 Å². The number of carbonyl (C=O) groups is 1. The highest BCUT2D eigenvalue weighted by Gasteiger charge is 2.30. The first-order chi connectivity index (χ1) is 8.58. The SMILES string of the molecule is CC(C(=O)N(C)Cc1cccc(Cl)c1)C1CNC1. The molecule has 0 aromatic heterocycles. The van der Waals surface area contributed by atoms with Crippen LogP contribution >= 0.6 is 11.6 Å². The Labute approximate surface area is 113 Å². The predicted octanol–water partition coefficient (Wildman–Crippen LogP) is 2.15. The van der Waals surface area contributed by atoms with Crippen molar-refractivity contribution in [3.63, 3.8) is 0 Å². The standard InChI is InChI=1S/C14H19ClN2O/c1-10(12-7-16-8-12)14(18)17(2)9-11-4-3-5-13(15)6-11/h3-6,10,12,16H,7-9H2,1-2H3. The van der Waals surface area contributed by atoms with Crippen molar-refractivity contribution in [2.75, 3.05) is 20.1 Å². The van der Waals surface area contributed by atoms with Crippen LogP contribution in [-0.4, -0.2) is 30.9 Å². The Bertz CT molecular complexity index is 432. The number of benzene rings is 1. The smallest absolute Gasteiger partial charge is 0.225 e. The molecule has 4 heteroatoms. The van der Waals surface area contributed by atoms with Gasteiger partial charge in [0, 0.05) is 24.5 Å². The van der Waals surface area contributed by atoms with Gasteiger partial charge in [0.2, 0.25) is 5.91 Å². The van der Waals surface area contributed by atoms with Crippen molar-refractivity contribution in [2.24, 2.45) is 11.8 Å². The lowest BCUT2D eigenvalue weighted by molar-refractivity contribution is -0.136. The lowest BCUT2D eigenvalue weighted by Gasteiger charge is -2.34. The lowest BCUT2D eigenvalue weighted by atomic mass is 9.88. The molecule has 18 heavy (non-hydrogen) atoms. The van der Waals surface area contributed by atoms with Gasteiger partial charge in [-0.05, 0) is 36.7 Å². The minimum Gasteiger partial charge on any atom is -0.341 e. The monoisotopic (exact) mass is 266 g/mol. The molecular weight excluding hydrogens is 248 g/mol. The maximum absolute atomic E-state index is 12.2. The molecule has 0 radical (unpaired) electrons. The maximum Gasteiger partial charge on any atom is 0.225 e. The molecule has 1 aromatic rings. The molecule has 1 atom stereocenters. The summed E-state index contributed by atoms with van der Waals surface area (Å²) < 4.78 is 0. The molecule has 1 heterocycles. The second-order valence-electron chi connectivity index (χ2n) is 5.03. The summed E-state index contributed by atoms with van der Waals surface area (Å²) in [6, 6.07) is 7.65. The maximum atomic E-state index is 12.2. The third kappa shape index (κ3) is 3.03. The summed E-state index contributed by atoms with van der Waals surface area (Å²) in [4.78, 5) is 14.0. The molecular formula is C14H19ClN2O. The summed E-state index contributed by atoms with van der Waals surface area (Å²) >= 11 is 5.94. The van der Waals surface area contributed by atoms with Crippen molar-refractivity contribution < 1.29 is 4.79 Å². The van der Waals surface area contributed by atoms with Crippen LogP contribution in [0.15, 0.2) is 24.3 Å². The minimum absolute atomic E-state index is 0.0930. The summed E-state index contributed by atoms with van der Waals surface area (Å²) in [5, 5.41) is 3.92. The Hall–Kier alpha value is -1.06. The number of carbonyl (C=O) groups excluding carboxylic acids is 1. The van der Waals surface area contributed by atoms with E-state index in [0.29, 0.717) is 17.5 Å². The molecule has 0 bridgehead atoms. The molecule has 1 aliphatic rings. The van der Waals surface area contributed by atoms with E-state index in [9.17, 15) is 4.79 Å². The predicted molar refractivity (Wildman–Crippen MR) is 73.4 cm³/mol. The van der Waals surface area contributed by atoms with Gasteiger partial charge in [0.05, 0.1) is 0 Å². The second-order valence-corrected chi connectivity index (χ2v) is 5.47. The molecule has 1 aromatic carbocycles. The number of nitrogens with zero attached hydrogens (tertiary/aromatic N) is 1. The van der Waals surface area contributed by atoms with Crippen molar-refractivity contribution in [2.45, 2.75) is 13.5 Å². The van der Waals surface area contributed by atoms with Crippen molar-refractivity contribution in [1.29, 1.82) is 0 Å². The summed E-state index contributed by atoms with van der Waals surface area (Å²) in [7, 11) is 1.85. The third-order valence-electron chi connectivity index (χ3n) is 3.59. The van der Waals surface area contributed by atoms with Crippen LogP contribution in [0, 0.1) is 11.8 Å². The van der Waals surface area contributed by atoms with Gasteiger partial charge in [0.15, 0.2) is 0 Å². The zero-order valence-electron chi connectivity index (χ0n) is 10.8. The second kappa shape index (κ2) is 5.72. The fraction of sp³-hybridized carbons (Fsp3) is 0.500. The van der Waals surface area contributed by atoms with Gasteiger partial charge >= 0.3 is 0 Å². The van der Waals surface area contributed by atoms with E-state index < -0.39 is 0 Å². The van der Waals surface area contributed by atoms with Gasteiger partial charge in [0.1, 0.15) is 0 Å². The van der Waals surface area contributed by atoms with E-state index in [-0.39, 0.29) is 11.8 Å². The summed E-state index contributed by atoms with van der Waals surface area (Å²) in [5.74, 6) is 0.788. The van der Waals surface area contributed by atoms with Crippen LogP contribution in [-0.2, 0) is 11.3 Å². The molecule has 1 saturated heterocycles. The van der Waals surface area contributed by atoms with Crippen LogP contribution in [0.4, 0.5) is 0 Å². The van der Waals surface area contributed by atoms with Crippen molar-refractivity contribution in [3.05, 3.63) is 34.9 Å². The Morgan fingerprint density at radius 3 is 2.83 bits per heavy atom. The van der Waals surface area contributed by atoms with Gasteiger partial charge < -0.3 is 10.2 Å². The van der Waals surface area contributed by atoms with E-state index in [2.05, 4.69) is 5.32 Å². The largest absolute Gasteiger partial charge is 0.341 e. The van der Waals surface area contributed by atoms with E-state index in [4.69, 9.17) is 11.6 Å². The quantitative estimate of drug-likeness (QED) is 0.906. The average Bonchev–Trinajstić information content (AvgIpc) is 2.25. The summed E-state index contributed by atoms with van der Waals surface area (Å²) in [5.41, 5.74) is 1.07.